The van der Waals surface area contributed by atoms with Crippen molar-refractivity contribution >= 4 is 11.1 Å². The number of nitrogens with zero attached hydrogens (tertiary/aromatic N) is 2. The molecule has 1 heterocycles. The van der Waals surface area contributed by atoms with Gasteiger partial charge in [0.2, 0.25) is 0 Å². The summed E-state index contributed by atoms with van der Waals surface area (Å²) in [7, 11) is 0. The van der Waals surface area contributed by atoms with E-state index < -0.39 is 0 Å². The van der Waals surface area contributed by atoms with Crippen molar-refractivity contribution in [1.29, 1.82) is 0 Å². The van der Waals surface area contributed by atoms with Crippen molar-refractivity contribution in [3.63, 3.8) is 0 Å². The maximum absolute atomic E-state index is 5.48. The molecule has 4 aliphatic carbocycles. The number of hydrogen-bond donors (Lipinski definition) is 0. The maximum atomic E-state index is 5.48. The topological polar surface area (TPSA) is 25.8 Å². The predicted molar refractivity (Wildman–Crippen MR) is 262 cm³/mol. The van der Waals surface area contributed by atoms with E-state index in [2.05, 4.69) is 196 Å². The van der Waals surface area contributed by atoms with E-state index in [1.54, 1.807) is 22.3 Å². The van der Waals surface area contributed by atoms with Crippen LogP contribution in [0.15, 0.2) is 194 Å². The molecule has 12 rings (SSSR count). The average molecular weight is 811 g/mol. The van der Waals surface area contributed by atoms with Crippen LogP contribution < -0.4 is 0 Å². The summed E-state index contributed by atoms with van der Waals surface area (Å²) < 4.78 is 0. The first-order valence-electron chi connectivity index (χ1n) is 23.0. The number of benzene rings is 7. The van der Waals surface area contributed by atoms with Gasteiger partial charge in [0.15, 0.2) is 0 Å². The van der Waals surface area contributed by atoms with E-state index in [1.165, 1.54) is 71.0 Å². The molecule has 1 aromatic heterocycles. The third-order valence-electron chi connectivity index (χ3n) is 15.0. The van der Waals surface area contributed by atoms with Gasteiger partial charge in [-0.1, -0.05) is 209 Å². The molecule has 63 heavy (non-hydrogen) atoms. The molecular formula is C61H50N2. The van der Waals surface area contributed by atoms with Crippen LogP contribution in [0.1, 0.15) is 74.6 Å². The second-order valence-electron chi connectivity index (χ2n) is 18.8. The van der Waals surface area contributed by atoms with Crippen LogP contribution in [0.25, 0.3) is 78.4 Å². The van der Waals surface area contributed by atoms with Crippen molar-refractivity contribution in [1.82, 2.24) is 9.97 Å². The van der Waals surface area contributed by atoms with E-state index in [4.69, 9.17) is 9.97 Å². The number of rotatable bonds is 6. The van der Waals surface area contributed by atoms with E-state index in [1.807, 2.05) is 6.07 Å². The summed E-state index contributed by atoms with van der Waals surface area (Å²) in [6, 6.07) is 66.1. The predicted octanol–water partition coefficient (Wildman–Crippen LogP) is 15.8. The fourth-order valence-corrected chi connectivity index (χ4v) is 11.9. The minimum atomic E-state index is 0.0284. The zero-order chi connectivity index (χ0) is 42.1. The maximum Gasteiger partial charge on any atom is 0.0973 e. The minimum Gasteiger partial charge on any atom is -0.243 e. The van der Waals surface area contributed by atoms with Crippen LogP contribution in [0.2, 0.25) is 0 Å². The van der Waals surface area contributed by atoms with E-state index in [0.29, 0.717) is 5.92 Å². The molecule has 1 atom stereocenters. The summed E-state index contributed by atoms with van der Waals surface area (Å²) in [4.78, 5) is 10.9. The van der Waals surface area contributed by atoms with Gasteiger partial charge in [-0.25, -0.2) is 9.97 Å². The minimum absolute atomic E-state index is 0.0284. The summed E-state index contributed by atoms with van der Waals surface area (Å²) >= 11 is 0. The lowest BCUT2D eigenvalue weighted by molar-refractivity contribution is 0.242. The van der Waals surface area contributed by atoms with Crippen molar-refractivity contribution in [2.75, 3.05) is 0 Å². The Morgan fingerprint density at radius 3 is 1.49 bits per heavy atom. The van der Waals surface area contributed by atoms with Gasteiger partial charge in [-0.15, -0.1) is 0 Å². The third kappa shape index (κ3) is 6.14. The molecular weight excluding hydrogens is 761 g/mol. The first-order chi connectivity index (χ1) is 31.0. The number of aromatic nitrogens is 2. The molecule has 1 fully saturated rings. The Morgan fingerprint density at radius 1 is 0.413 bits per heavy atom. The van der Waals surface area contributed by atoms with Gasteiger partial charge >= 0.3 is 0 Å². The van der Waals surface area contributed by atoms with E-state index in [-0.39, 0.29) is 10.8 Å². The Balaban J connectivity index is 0.914. The molecule has 4 aliphatic rings. The molecule has 7 aromatic carbocycles. The van der Waals surface area contributed by atoms with Crippen molar-refractivity contribution in [3.8, 4) is 67.3 Å². The van der Waals surface area contributed by atoms with Crippen LogP contribution >= 0.6 is 0 Å². The van der Waals surface area contributed by atoms with Crippen LogP contribution in [0.3, 0.4) is 0 Å². The SMILES string of the molecule is CC1(C)C2=C(CC3C(=C2)c2ccc(-c4cccc(-c5ccc(-c6nc(-c7ccccc7)c(-c7ccccc7)nc6-c6ccccc6)cc5)c4)cc2C32CCCCC2)c2ccccc21. The molecule has 8 aromatic rings. The highest BCUT2D eigenvalue weighted by atomic mass is 14.9. The summed E-state index contributed by atoms with van der Waals surface area (Å²) in [5.74, 6) is 0.541. The largest absolute Gasteiger partial charge is 0.243 e. The van der Waals surface area contributed by atoms with Gasteiger partial charge in [-0.2, -0.15) is 0 Å². The normalized spacial score (nSPS) is 17.7. The highest BCUT2D eigenvalue weighted by Gasteiger charge is 2.53. The molecule has 0 N–H and O–H groups in total. The monoisotopic (exact) mass is 810 g/mol. The van der Waals surface area contributed by atoms with Crippen molar-refractivity contribution in [2.24, 2.45) is 5.92 Å². The standard InChI is InChI=1S/C61H50N2/c1-60(2)52-27-14-13-26-48(52)50-39-55-51(38-53(50)60)49-33-32-47(37-54(49)61(55)34-15-6-16-35-61)46-25-17-24-45(36-46)40-28-30-44(31-29-40)59-58(43-22-11-5-12-23-43)62-56(41-18-7-3-8-19-41)57(63-59)42-20-9-4-10-21-42/h3-5,7-14,17-33,36-38,55H,6,15-16,34-35,39H2,1-2H3. The molecule has 1 spiro atoms. The highest BCUT2D eigenvalue weighted by Crippen LogP contribution is 2.64. The zero-order valence-electron chi connectivity index (χ0n) is 36.1. The molecule has 0 amide bonds. The first-order valence-corrected chi connectivity index (χ1v) is 23.0. The quantitative estimate of drug-likeness (QED) is 0.167. The summed E-state index contributed by atoms with van der Waals surface area (Å²) in [6.07, 6.45) is 10.3. The molecule has 2 heteroatoms. The van der Waals surface area contributed by atoms with Crippen LogP contribution in [0, 0.1) is 5.92 Å². The Labute approximate surface area is 371 Å². The van der Waals surface area contributed by atoms with Gasteiger partial charge in [0.25, 0.3) is 0 Å². The second kappa shape index (κ2) is 14.9. The van der Waals surface area contributed by atoms with E-state index in [0.717, 1.165) is 51.5 Å². The Hall–Kier alpha value is -6.90. The van der Waals surface area contributed by atoms with Crippen molar-refractivity contribution < 1.29 is 0 Å². The van der Waals surface area contributed by atoms with Gasteiger partial charge in [0, 0.05) is 33.1 Å². The van der Waals surface area contributed by atoms with Gasteiger partial charge in [-0.3, -0.25) is 0 Å². The fourth-order valence-electron chi connectivity index (χ4n) is 11.9. The lowest BCUT2D eigenvalue weighted by atomic mass is 9.61. The molecule has 2 nitrogen and oxygen atoms in total. The molecule has 1 unspecified atom stereocenters. The number of allylic oxidation sites excluding steroid dienone is 4. The van der Waals surface area contributed by atoms with Gasteiger partial charge in [-0.05, 0) is 98.5 Å². The average Bonchev–Trinajstić information content (AvgIpc) is 3.74. The number of fused-ring (bicyclic) bond motifs is 7. The smallest absolute Gasteiger partial charge is 0.0973 e. The summed E-state index contributed by atoms with van der Waals surface area (Å²) in [6.45, 7) is 4.87. The Morgan fingerprint density at radius 2 is 0.889 bits per heavy atom. The Bertz CT molecular complexity index is 3110. The molecule has 1 saturated carbocycles. The third-order valence-corrected chi connectivity index (χ3v) is 15.0. The molecule has 0 aliphatic heterocycles. The van der Waals surface area contributed by atoms with Gasteiger partial charge in [0.05, 0.1) is 22.8 Å². The zero-order valence-corrected chi connectivity index (χ0v) is 36.1. The molecule has 0 radical (unpaired) electrons. The summed E-state index contributed by atoms with van der Waals surface area (Å²) in [5, 5.41) is 0. The molecule has 0 bridgehead atoms. The van der Waals surface area contributed by atoms with Crippen LogP contribution in [0.4, 0.5) is 0 Å². The van der Waals surface area contributed by atoms with E-state index in [9.17, 15) is 0 Å². The Kier molecular flexibility index (Phi) is 8.94. The highest BCUT2D eigenvalue weighted by molar-refractivity contribution is 5.93. The van der Waals surface area contributed by atoms with Gasteiger partial charge < -0.3 is 0 Å². The lowest BCUT2D eigenvalue weighted by Crippen LogP contribution is -2.35. The van der Waals surface area contributed by atoms with Crippen LogP contribution in [-0.2, 0) is 10.8 Å². The van der Waals surface area contributed by atoms with Crippen molar-refractivity contribution in [2.45, 2.75) is 63.2 Å². The van der Waals surface area contributed by atoms with Crippen LogP contribution in [0.5, 0.6) is 0 Å². The second-order valence-corrected chi connectivity index (χ2v) is 18.8. The number of hydrogen-bond acceptors (Lipinski definition) is 2. The fraction of sp³-hybridized carbons (Fsp3) is 0.180. The first kappa shape index (κ1) is 37.8. The molecule has 304 valence electrons. The van der Waals surface area contributed by atoms with Gasteiger partial charge in [0.1, 0.15) is 0 Å². The van der Waals surface area contributed by atoms with E-state index >= 15 is 0 Å². The summed E-state index contributed by atoms with van der Waals surface area (Å²) in [5.41, 5.74) is 23.7. The lowest BCUT2D eigenvalue weighted by Gasteiger charge is -2.42. The molecule has 0 saturated heterocycles. The van der Waals surface area contributed by atoms with Crippen molar-refractivity contribution in [3.05, 3.63) is 216 Å². The van der Waals surface area contributed by atoms with Crippen LogP contribution in [-0.4, -0.2) is 9.97 Å².